The van der Waals surface area contributed by atoms with Gasteiger partial charge in [0.05, 0.1) is 6.10 Å². The normalized spacial score (nSPS) is 27.8. The predicted octanol–water partition coefficient (Wildman–Crippen LogP) is 0.422. The molecule has 2 rings (SSSR count). The number of nitrogens with one attached hydrogen (secondary N) is 1. The van der Waals surface area contributed by atoms with Crippen LogP contribution in [0.2, 0.25) is 0 Å². The van der Waals surface area contributed by atoms with Crippen molar-refractivity contribution < 1.29 is 19.4 Å². The van der Waals surface area contributed by atoms with E-state index in [1.807, 2.05) is 0 Å². The Bertz CT molecular complexity index is 317. The third-order valence-corrected chi connectivity index (χ3v) is 3.28. The first-order valence-electron chi connectivity index (χ1n) is 5.97. The molecule has 2 aliphatic rings. The van der Waals surface area contributed by atoms with E-state index >= 15 is 0 Å². The van der Waals surface area contributed by atoms with Crippen molar-refractivity contribution in [1.29, 1.82) is 0 Å². The van der Waals surface area contributed by atoms with E-state index in [1.165, 1.54) is 0 Å². The molecule has 1 saturated heterocycles. The van der Waals surface area contributed by atoms with Gasteiger partial charge in [0.2, 0.25) is 0 Å². The number of carbonyl (C=O) groups excluding carboxylic acids is 1. The van der Waals surface area contributed by atoms with Crippen LogP contribution in [0.4, 0.5) is 4.79 Å². The molecular weight excluding hydrogens is 224 g/mol. The predicted molar refractivity (Wildman–Crippen MR) is 59.7 cm³/mol. The first kappa shape index (κ1) is 12.2. The second-order valence-corrected chi connectivity index (χ2v) is 4.69. The molecule has 2 unspecified atom stereocenters. The average molecular weight is 242 g/mol. The second kappa shape index (κ2) is 4.91. The number of carboxylic acids is 1. The fourth-order valence-corrected chi connectivity index (χ4v) is 1.99. The number of nitrogens with zero attached hydrogens (tertiary/aromatic N) is 1. The van der Waals surface area contributed by atoms with Gasteiger partial charge in [-0.05, 0) is 25.7 Å². The molecular formula is C11H18N2O4. The molecule has 2 atom stereocenters. The summed E-state index contributed by atoms with van der Waals surface area (Å²) in [5.74, 6) is -0.922. The number of aliphatic carboxylic acids is 1. The quantitative estimate of drug-likeness (QED) is 0.749. The molecule has 96 valence electrons. The van der Waals surface area contributed by atoms with Gasteiger partial charge < -0.3 is 20.1 Å². The molecule has 0 bridgehead atoms. The highest BCUT2D eigenvalue weighted by Crippen LogP contribution is 2.25. The van der Waals surface area contributed by atoms with E-state index in [9.17, 15) is 9.59 Å². The molecule has 6 heteroatoms. The topological polar surface area (TPSA) is 78.9 Å². The molecule has 6 nitrogen and oxygen atoms in total. The summed E-state index contributed by atoms with van der Waals surface area (Å²) in [4.78, 5) is 24.0. The largest absolute Gasteiger partial charge is 0.479 e. The van der Waals surface area contributed by atoms with E-state index in [2.05, 4.69) is 5.32 Å². The van der Waals surface area contributed by atoms with E-state index < -0.39 is 12.1 Å². The second-order valence-electron chi connectivity index (χ2n) is 4.69. The van der Waals surface area contributed by atoms with Crippen LogP contribution in [0, 0.1) is 0 Å². The van der Waals surface area contributed by atoms with Gasteiger partial charge >= 0.3 is 12.0 Å². The number of carbonyl (C=O) groups is 2. The van der Waals surface area contributed by atoms with Crippen molar-refractivity contribution in [2.45, 2.75) is 43.9 Å². The van der Waals surface area contributed by atoms with Gasteiger partial charge in [-0.15, -0.1) is 0 Å². The Morgan fingerprint density at radius 2 is 2.06 bits per heavy atom. The molecule has 17 heavy (non-hydrogen) atoms. The zero-order valence-corrected chi connectivity index (χ0v) is 9.89. The van der Waals surface area contributed by atoms with Crippen molar-refractivity contribution in [2.75, 3.05) is 13.6 Å². The van der Waals surface area contributed by atoms with Gasteiger partial charge in [0.15, 0.2) is 6.10 Å². The number of amides is 2. The smallest absolute Gasteiger partial charge is 0.332 e. The first-order chi connectivity index (χ1) is 8.08. The molecule has 1 heterocycles. The summed E-state index contributed by atoms with van der Waals surface area (Å²) in [5.41, 5.74) is 0. The molecule has 0 aromatic carbocycles. The third kappa shape index (κ3) is 3.09. The summed E-state index contributed by atoms with van der Waals surface area (Å²) in [5, 5.41) is 11.5. The Labute approximate surface area is 99.9 Å². The summed E-state index contributed by atoms with van der Waals surface area (Å²) in [6, 6.07) is 0.279. The van der Waals surface area contributed by atoms with Gasteiger partial charge in [-0.25, -0.2) is 9.59 Å². The van der Waals surface area contributed by atoms with Crippen molar-refractivity contribution in [1.82, 2.24) is 10.2 Å². The molecule has 1 aliphatic heterocycles. The lowest BCUT2D eigenvalue weighted by molar-refractivity contribution is -0.149. The number of urea groups is 1. The molecule has 1 saturated carbocycles. The van der Waals surface area contributed by atoms with Crippen LogP contribution in [-0.2, 0) is 9.53 Å². The van der Waals surface area contributed by atoms with Crippen molar-refractivity contribution in [3.63, 3.8) is 0 Å². The minimum Gasteiger partial charge on any atom is -0.479 e. The minimum atomic E-state index is -0.922. The SMILES string of the molecule is CN(C(=O)NCC1CCC(C(=O)O)O1)C1CC1. The van der Waals surface area contributed by atoms with E-state index in [0.29, 0.717) is 25.4 Å². The third-order valence-electron chi connectivity index (χ3n) is 3.28. The monoisotopic (exact) mass is 242 g/mol. The fourth-order valence-electron chi connectivity index (χ4n) is 1.99. The van der Waals surface area contributed by atoms with Crippen LogP contribution in [0.3, 0.4) is 0 Å². The number of rotatable bonds is 4. The van der Waals surface area contributed by atoms with Gasteiger partial charge in [0.25, 0.3) is 0 Å². The molecule has 1 aliphatic carbocycles. The van der Waals surface area contributed by atoms with Crippen LogP contribution in [0.1, 0.15) is 25.7 Å². The number of hydrogen-bond donors (Lipinski definition) is 2. The van der Waals surface area contributed by atoms with E-state index in [0.717, 1.165) is 12.8 Å². The highest BCUT2D eigenvalue weighted by Gasteiger charge is 2.32. The van der Waals surface area contributed by atoms with Crippen molar-refractivity contribution in [3.8, 4) is 0 Å². The highest BCUT2D eigenvalue weighted by atomic mass is 16.5. The Hall–Kier alpha value is -1.30. The van der Waals surface area contributed by atoms with Gasteiger partial charge in [-0.2, -0.15) is 0 Å². The van der Waals surface area contributed by atoms with Crippen molar-refractivity contribution >= 4 is 12.0 Å². The van der Waals surface area contributed by atoms with Crippen molar-refractivity contribution in [3.05, 3.63) is 0 Å². The summed E-state index contributed by atoms with van der Waals surface area (Å²) in [6.07, 6.45) is 2.47. The van der Waals surface area contributed by atoms with Gasteiger partial charge in [0.1, 0.15) is 0 Å². The Morgan fingerprint density at radius 3 is 2.59 bits per heavy atom. The van der Waals surface area contributed by atoms with E-state index in [-0.39, 0.29) is 12.1 Å². The number of hydrogen-bond acceptors (Lipinski definition) is 3. The summed E-state index contributed by atoms with van der Waals surface area (Å²) in [7, 11) is 1.78. The lowest BCUT2D eigenvalue weighted by Gasteiger charge is -2.19. The Balaban J connectivity index is 1.68. The maximum atomic E-state index is 11.6. The van der Waals surface area contributed by atoms with Gasteiger partial charge in [-0.1, -0.05) is 0 Å². The summed E-state index contributed by atoms with van der Waals surface area (Å²) in [6.45, 7) is 0.389. The maximum absolute atomic E-state index is 11.6. The summed E-state index contributed by atoms with van der Waals surface area (Å²) < 4.78 is 5.30. The minimum absolute atomic E-state index is 0.102. The van der Waals surface area contributed by atoms with Crippen LogP contribution >= 0.6 is 0 Å². The highest BCUT2D eigenvalue weighted by molar-refractivity contribution is 5.74. The van der Waals surface area contributed by atoms with E-state index in [1.54, 1.807) is 11.9 Å². The van der Waals surface area contributed by atoms with Crippen LogP contribution < -0.4 is 5.32 Å². The van der Waals surface area contributed by atoms with Gasteiger partial charge in [-0.3, -0.25) is 0 Å². The standard InChI is InChI=1S/C11H18N2O4/c1-13(7-2-3-7)11(16)12-6-8-4-5-9(17-8)10(14)15/h7-9H,2-6H2,1H3,(H,12,16)(H,14,15). The fraction of sp³-hybridized carbons (Fsp3) is 0.818. The average Bonchev–Trinajstić information content (AvgIpc) is 3.03. The van der Waals surface area contributed by atoms with Crippen molar-refractivity contribution in [2.24, 2.45) is 0 Å². The molecule has 2 fully saturated rings. The molecule has 0 aromatic heterocycles. The molecule has 2 N–H and O–H groups in total. The zero-order valence-electron chi connectivity index (χ0n) is 9.89. The zero-order chi connectivity index (χ0) is 12.4. The molecule has 0 aromatic rings. The number of ether oxygens (including phenoxy) is 1. The lowest BCUT2D eigenvalue weighted by atomic mass is 10.2. The molecule has 2 amide bonds. The van der Waals surface area contributed by atoms with Crippen LogP contribution in [-0.4, -0.2) is 53.8 Å². The number of carboxylic acid groups (broad SMARTS) is 1. The lowest BCUT2D eigenvalue weighted by Crippen LogP contribution is -2.42. The Kier molecular flexibility index (Phi) is 3.51. The molecule has 0 spiro atoms. The van der Waals surface area contributed by atoms with Crippen LogP contribution in [0.25, 0.3) is 0 Å². The van der Waals surface area contributed by atoms with Crippen LogP contribution in [0.15, 0.2) is 0 Å². The van der Waals surface area contributed by atoms with Crippen LogP contribution in [0.5, 0.6) is 0 Å². The van der Waals surface area contributed by atoms with Gasteiger partial charge in [0, 0.05) is 19.6 Å². The summed E-state index contributed by atoms with van der Waals surface area (Å²) >= 11 is 0. The first-order valence-corrected chi connectivity index (χ1v) is 5.97. The Morgan fingerprint density at radius 1 is 1.35 bits per heavy atom. The van der Waals surface area contributed by atoms with E-state index in [4.69, 9.17) is 9.84 Å². The maximum Gasteiger partial charge on any atom is 0.332 e. The molecule has 0 radical (unpaired) electrons.